The van der Waals surface area contributed by atoms with Crippen LogP contribution in [0.4, 0.5) is 0 Å². The largest absolute Gasteiger partial charge is 0.545 e. The molecule has 0 aliphatic heterocycles. The number of likely N-dealkylation sites (N-methyl/N-ethyl adjacent to an activating group) is 1. The number of ether oxygens (including phenoxy) is 4. The normalized spacial score (nSPS) is 13.5. The molecule has 0 radical (unpaired) electrons. The Bertz CT molecular complexity index is 1520. The molecule has 0 rings (SSSR count). The average Bonchev–Trinajstić information content (AvgIpc) is 3.36. The van der Waals surface area contributed by atoms with Crippen molar-refractivity contribution in [1.82, 2.24) is 0 Å². The molecule has 0 amide bonds. The Morgan fingerprint density at radius 1 is 0.425 bits per heavy atom. The molecule has 0 aliphatic carbocycles. The van der Waals surface area contributed by atoms with E-state index < -0.39 is 24.3 Å². The van der Waals surface area contributed by atoms with E-state index >= 15 is 0 Å². The number of allylic oxidation sites excluding steroid dienone is 16. The van der Waals surface area contributed by atoms with Gasteiger partial charge >= 0.3 is 11.9 Å². The van der Waals surface area contributed by atoms with Crippen LogP contribution in [0.15, 0.2) is 97.2 Å². The van der Waals surface area contributed by atoms with Crippen LogP contribution in [0.1, 0.15) is 232 Å². The Kier molecular flexibility index (Phi) is 51.6. The van der Waals surface area contributed by atoms with Gasteiger partial charge in [0, 0.05) is 12.8 Å². The van der Waals surface area contributed by atoms with Crippen molar-refractivity contribution in [1.29, 1.82) is 0 Å². The highest BCUT2D eigenvalue weighted by atomic mass is 16.7. The van der Waals surface area contributed by atoms with Crippen LogP contribution in [-0.4, -0.2) is 82.3 Å². The predicted octanol–water partition coefficient (Wildman–Crippen LogP) is 16.0. The molecule has 0 saturated carbocycles. The number of carbonyl (C=O) groups excluding carboxylic acids is 3. The van der Waals surface area contributed by atoms with Gasteiger partial charge in [-0.1, -0.05) is 220 Å². The highest BCUT2D eigenvalue weighted by Gasteiger charge is 2.22. The Labute approximate surface area is 448 Å². The zero-order chi connectivity index (χ0) is 53.4. The van der Waals surface area contributed by atoms with Crippen LogP contribution in [0.5, 0.6) is 0 Å². The SMILES string of the molecule is CC/C=C\C/C=C\C/C=C\C/C=C\C/C=C\CCCCCC(=O)OC(COC(=O)CCCCCCCCCCCCCCCC/C=C\C/C=C\C/C=C\CCCCCCC)COC(OCC[N+](C)(C)C)C(=O)[O-]. The van der Waals surface area contributed by atoms with E-state index in [0.717, 1.165) is 83.5 Å². The summed E-state index contributed by atoms with van der Waals surface area (Å²) in [5.41, 5.74) is 0. The molecule has 0 fully saturated rings. The molecule has 418 valence electrons. The molecule has 0 aromatic carbocycles. The zero-order valence-corrected chi connectivity index (χ0v) is 47.5. The van der Waals surface area contributed by atoms with Gasteiger partial charge < -0.3 is 33.3 Å². The maximum atomic E-state index is 12.8. The van der Waals surface area contributed by atoms with Crippen molar-refractivity contribution in [2.24, 2.45) is 0 Å². The highest BCUT2D eigenvalue weighted by molar-refractivity contribution is 5.70. The van der Waals surface area contributed by atoms with Gasteiger partial charge in [0.25, 0.3) is 0 Å². The Hall–Kier alpha value is -3.79. The molecule has 9 heteroatoms. The number of rotatable bonds is 53. The maximum absolute atomic E-state index is 12.8. The summed E-state index contributed by atoms with van der Waals surface area (Å²) in [5.74, 6) is -2.33. The predicted molar refractivity (Wildman–Crippen MR) is 306 cm³/mol. The number of aliphatic carboxylic acids is 1. The minimum atomic E-state index is -1.64. The van der Waals surface area contributed by atoms with Gasteiger partial charge in [0.2, 0.25) is 0 Å². The molecule has 73 heavy (non-hydrogen) atoms. The summed E-state index contributed by atoms with van der Waals surface area (Å²) < 4.78 is 22.7. The number of carbonyl (C=O) groups is 3. The lowest BCUT2D eigenvalue weighted by Crippen LogP contribution is -2.44. The Morgan fingerprint density at radius 2 is 0.781 bits per heavy atom. The maximum Gasteiger partial charge on any atom is 0.306 e. The Morgan fingerprint density at radius 3 is 1.18 bits per heavy atom. The van der Waals surface area contributed by atoms with E-state index in [0.29, 0.717) is 17.4 Å². The van der Waals surface area contributed by atoms with Crippen molar-refractivity contribution in [2.45, 2.75) is 245 Å². The molecule has 9 nitrogen and oxygen atoms in total. The molecule has 0 aromatic rings. The van der Waals surface area contributed by atoms with Crippen LogP contribution in [0.25, 0.3) is 0 Å². The molecular formula is C64H109NO8. The van der Waals surface area contributed by atoms with Gasteiger partial charge in [0.05, 0.1) is 40.3 Å². The van der Waals surface area contributed by atoms with Crippen molar-refractivity contribution >= 4 is 17.9 Å². The number of carboxylic acids is 1. The number of hydrogen-bond donors (Lipinski definition) is 0. The van der Waals surface area contributed by atoms with Gasteiger partial charge in [-0.2, -0.15) is 0 Å². The van der Waals surface area contributed by atoms with E-state index in [4.69, 9.17) is 18.9 Å². The van der Waals surface area contributed by atoms with Crippen molar-refractivity contribution in [3.63, 3.8) is 0 Å². The molecule has 2 unspecified atom stereocenters. The number of carboxylic acid groups (broad SMARTS) is 1. The van der Waals surface area contributed by atoms with Gasteiger partial charge in [-0.3, -0.25) is 9.59 Å². The van der Waals surface area contributed by atoms with Crippen molar-refractivity contribution < 1.29 is 42.9 Å². The number of quaternary nitrogens is 1. The fourth-order valence-electron chi connectivity index (χ4n) is 7.80. The third kappa shape index (κ3) is 55.8. The van der Waals surface area contributed by atoms with Crippen LogP contribution < -0.4 is 5.11 Å². The van der Waals surface area contributed by atoms with E-state index in [-0.39, 0.29) is 38.6 Å². The van der Waals surface area contributed by atoms with E-state index in [1.807, 2.05) is 21.1 Å². The van der Waals surface area contributed by atoms with Gasteiger partial charge in [-0.05, 0) is 96.3 Å². The van der Waals surface area contributed by atoms with Gasteiger partial charge in [0.15, 0.2) is 12.4 Å². The van der Waals surface area contributed by atoms with E-state index in [2.05, 4.69) is 111 Å². The van der Waals surface area contributed by atoms with Crippen molar-refractivity contribution in [3.05, 3.63) is 97.2 Å². The topological polar surface area (TPSA) is 111 Å². The molecular weight excluding hydrogens is 911 g/mol. The zero-order valence-electron chi connectivity index (χ0n) is 47.5. The lowest BCUT2D eigenvalue weighted by molar-refractivity contribution is -0.870. The molecule has 0 N–H and O–H groups in total. The minimum absolute atomic E-state index is 0.136. The summed E-state index contributed by atoms with van der Waals surface area (Å²) in [6.07, 6.45) is 70.3. The first-order valence-corrected chi connectivity index (χ1v) is 29.4. The first kappa shape index (κ1) is 69.2. The summed E-state index contributed by atoms with van der Waals surface area (Å²) in [6.45, 7) is 4.58. The molecule has 0 aromatic heterocycles. The number of esters is 2. The number of nitrogens with zero attached hydrogens (tertiary/aromatic N) is 1. The molecule has 0 heterocycles. The fourth-order valence-corrected chi connectivity index (χ4v) is 7.80. The second-order valence-electron chi connectivity index (χ2n) is 20.5. The van der Waals surface area contributed by atoms with E-state index in [1.54, 1.807) is 0 Å². The van der Waals surface area contributed by atoms with E-state index in [1.165, 1.54) is 116 Å². The van der Waals surface area contributed by atoms with Gasteiger partial charge in [0.1, 0.15) is 13.2 Å². The average molecular weight is 1020 g/mol. The summed E-state index contributed by atoms with van der Waals surface area (Å²) in [6, 6.07) is 0. The second kappa shape index (κ2) is 54.5. The summed E-state index contributed by atoms with van der Waals surface area (Å²) in [4.78, 5) is 37.3. The van der Waals surface area contributed by atoms with Crippen LogP contribution in [0.3, 0.4) is 0 Å². The second-order valence-corrected chi connectivity index (χ2v) is 20.5. The van der Waals surface area contributed by atoms with Crippen LogP contribution >= 0.6 is 0 Å². The van der Waals surface area contributed by atoms with Gasteiger partial charge in [-0.25, -0.2) is 0 Å². The quantitative estimate of drug-likeness (QED) is 0.0195. The Balaban J connectivity index is 4.25. The van der Waals surface area contributed by atoms with Crippen molar-refractivity contribution in [3.8, 4) is 0 Å². The van der Waals surface area contributed by atoms with E-state index in [9.17, 15) is 19.5 Å². The number of hydrogen-bond acceptors (Lipinski definition) is 8. The first-order valence-electron chi connectivity index (χ1n) is 29.4. The minimum Gasteiger partial charge on any atom is -0.545 e. The first-order chi connectivity index (χ1) is 35.6. The third-order valence-corrected chi connectivity index (χ3v) is 12.3. The molecule has 0 bridgehead atoms. The standard InChI is InChI=1S/C64H109NO8/c1-6-8-10-12-14-16-18-20-22-24-26-27-28-29-30-31-32-33-34-35-37-38-40-42-44-46-48-50-52-54-61(66)71-58-60(59-72-64(63(68)69)70-57-56-65(3,4)5)73-62(67)55-53-51-49-47-45-43-41-39-36-25-23-21-19-17-15-13-11-9-7-2/h9,11,15,17-18,20-21,23-24,26,28-29,36,39,43,45,60,64H,6-8,10,12-14,16,19,22,25,27,30-35,37-38,40-42,44,46-59H2,1-5H3/b11-9-,17-15-,20-18-,23-21-,26-24-,29-28-,39-36-,45-43-. The third-order valence-electron chi connectivity index (χ3n) is 12.3. The van der Waals surface area contributed by atoms with Gasteiger partial charge in [-0.15, -0.1) is 0 Å². The summed E-state index contributed by atoms with van der Waals surface area (Å²) in [5, 5.41) is 11.8. The lowest BCUT2D eigenvalue weighted by Gasteiger charge is -2.26. The van der Waals surface area contributed by atoms with Crippen LogP contribution in [-0.2, 0) is 33.3 Å². The molecule has 0 aliphatic rings. The summed E-state index contributed by atoms with van der Waals surface area (Å²) >= 11 is 0. The molecule has 2 atom stereocenters. The van der Waals surface area contributed by atoms with Crippen LogP contribution in [0.2, 0.25) is 0 Å². The monoisotopic (exact) mass is 1020 g/mol. The highest BCUT2D eigenvalue weighted by Crippen LogP contribution is 2.15. The fraction of sp³-hybridized carbons (Fsp3) is 0.703. The number of unbranched alkanes of at least 4 members (excludes halogenated alkanes) is 22. The molecule has 0 spiro atoms. The molecule has 0 saturated heterocycles. The van der Waals surface area contributed by atoms with Crippen LogP contribution in [0, 0.1) is 0 Å². The summed E-state index contributed by atoms with van der Waals surface area (Å²) in [7, 11) is 5.90. The smallest absolute Gasteiger partial charge is 0.306 e. The lowest BCUT2D eigenvalue weighted by atomic mass is 10.0. The van der Waals surface area contributed by atoms with Crippen molar-refractivity contribution in [2.75, 3.05) is 47.5 Å².